The minimum absolute atomic E-state index is 0.247. The Morgan fingerprint density at radius 2 is 2.12 bits per heavy atom. The van der Waals surface area contributed by atoms with Gasteiger partial charge in [-0.15, -0.1) is 0 Å². The molecule has 0 spiro atoms. The molecule has 4 rings (SSSR count). The molecule has 3 heterocycles. The van der Waals surface area contributed by atoms with Gasteiger partial charge in [-0.05, 0) is 30.9 Å². The molecule has 2 aliphatic heterocycles. The molecule has 138 valence electrons. The van der Waals surface area contributed by atoms with Gasteiger partial charge >= 0.3 is 0 Å². The molecule has 0 bridgehead atoms. The number of hydrogen-bond donors (Lipinski definition) is 1. The molecule has 1 aromatic carbocycles. The summed E-state index contributed by atoms with van der Waals surface area (Å²) in [6, 6.07) is 9.29. The Morgan fingerprint density at radius 3 is 2.96 bits per heavy atom. The second-order valence-corrected chi connectivity index (χ2v) is 7.38. The lowest BCUT2D eigenvalue weighted by Crippen LogP contribution is -2.56. The van der Waals surface area contributed by atoms with Crippen LogP contribution in [0.25, 0.3) is 10.9 Å². The van der Waals surface area contributed by atoms with E-state index in [9.17, 15) is 9.18 Å². The number of benzene rings is 1. The van der Waals surface area contributed by atoms with Crippen molar-refractivity contribution in [1.82, 2.24) is 14.8 Å². The summed E-state index contributed by atoms with van der Waals surface area (Å²) in [5, 5.41) is 0.829. The first-order valence-electron chi connectivity index (χ1n) is 9.42. The molecule has 0 aliphatic carbocycles. The topological polar surface area (TPSA) is 62.5 Å². The van der Waals surface area contributed by atoms with E-state index in [1.54, 1.807) is 6.07 Å². The molecule has 2 fully saturated rings. The van der Waals surface area contributed by atoms with Crippen LogP contribution in [0.2, 0.25) is 0 Å². The molecule has 26 heavy (non-hydrogen) atoms. The molecule has 6 heteroatoms. The Hall–Kier alpha value is -2.05. The smallest absolute Gasteiger partial charge is 0.222 e. The molecule has 2 aliphatic rings. The maximum absolute atomic E-state index is 14.0. The second kappa shape index (κ2) is 7.29. The highest BCUT2D eigenvalue weighted by atomic mass is 19.1. The number of piperidine rings is 2. The van der Waals surface area contributed by atoms with Gasteiger partial charge in [-0.2, -0.15) is 0 Å². The van der Waals surface area contributed by atoms with Crippen LogP contribution in [0.3, 0.4) is 0 Å². The van der Waals surface area contributed by atoms with E-state index in [0.717, 1.165) is 43.6 Å². The predicted molar refractivity (Wildman–Crippen MR) is 98.9 cm³/mol. The summed E-state index contributed by atoms with van der Waals surface area (Å²) < 4.78 is 14.0. The second-order valence-electron chi connectivity index (χ2n) is 7.38. The van der Waals surface area contributed by atoms with E-state index in [-0.39, 0.29) is 11.7 Å². The van der Waals surface area contributed by atoms with Crippen molar-refractivity contribution in [2.75, 3.05) is 26.2 Å². The Morgan fingerprint density at radius 1 is 1.23 bits per heavy atom. The number of pyridine rings is 1. The normalized spacial score (nSPS) is 24.1. The molecule has 0 saturated carbocycles. The summed E-state index contributed by atoms with van der Waals surface area (Å²) in [5.41, 5.74) is 7.02. The van der Waals surface area contributed by atoms with Crippen LogP contribution in [0.4, 0.5) is 4.39 Å². The van der Waals surface area contributed by atoms with Crippen LogP contribution >= 0.6 is 0 Å². The number of likely N-dealkylation sites (tertiary alicyclic amines) is 2. The van der Waals surface area contributed by atoms with Gasteiger partial charge in [-0.25, -0.2) is 9.37 Å². The van der Waals surface area contributed by atoms with Gasteiger partial charge in [-0.1, -0.05) is 18.2 Å². The van der Waals surface area contributed by atoms with Crippen LogP contribution in [-0.2, 0) is 11.3 Å². The van der Waals surface area contributed by atoms with Gasteiger partial charge in [0.25, 0.3) is 0 Å². The van der Waals surface area contributed by atoms with Gasteiger partial charge in [0.1, 0.15) is 11.3 Å². The molecule has 2 aromatic rings. The van der Waals surface area contributed by atoms with E-state index in [1.807, 2.05) is 23.1 Å². The van der Waals surface area contributed by atoms with Gasteiger partial charge in [0.2, 0.25) is 5.91 Å². The number of aromatic nitrogens is 1. The monoisotopic (exact) mass is 356 g/mol. The third-order valence-electron chi connectivity index (χ3n) is 5.71. The van der Waals surface area contributed by atoms with Crippen LogP contribution in [0.1, 0.15) is 25.0 Å². The van der Waals surface area contributed by atoms with Crippen molar-refractivity contribution >= 4 is 16.8 Å². The molecule has 2 atom stereocenters. The zero-order chi connectivity index (χ0) is 18.1. The fourth-order valence-electron chi connectivity index (χ4n) is 4.47. The van der Waals surface area contributed by atoms with Gasteiger partial charge < -0.3 is 10.6 Å². The lowest BCUT2D eigenvalue weighted by molar-refractivity contribution is -0.141. The zero-order valence-corrected chi connectivity index (χ0v) is 14.9. The lowest BCUT2D eigenvalue weighted by atomic mass is 9.83. The minimum atomic E-state index is -0.272. The molecule has 2 unspecified atom stereocenters. The number of nitrogens with two attached hydrogens (primary N) is 1. The molecule has 5 nitrogen and oxygen atoms in total. The number of carbonyl (C=O) groups is 1. The number of amides is 1. The van der Waals surface area contributed by atoms with Crippen molar-refractivity contribution in [2.24, 2.45) is 11.7 Å². The number of carbonyl (C=O) groups excluding carboxylic acids is 1. The first-order chi connectivity index (χ1) is 12.7. The van der Waals surface area contributed by atoms with Crippen LogP contribution in [0.5, 0.6) is 0 Å². The van der Waals surface area contributed by atoms with Gasteiger partial charge in [0, 0.05) is 50.6 Å². The number of rotatable bonds is 4. The van der Waals surface area contributed by atoms with Crippen molar-refractivity contribution in [2.45, 2.75) is 31.8 Å². The summed E-state index contributed by atoms with van der Waals surface area (Å²) in [6.07, 6.45) is 2.54. The van der Waals surface area contributed by atoms with Crippen molar-refractivity contribution < 1.29 is 9.18 Å². The standard InChI is InChI=1S/C20H25FN4O/c21-17-3-1-2-14-4-6-16(23-20(14)17)13-24-10-8-18-15(12-24)5-7-19(26)25(18)11-9-22/h1-4,6,15,18H,5,7-13,22H2. The number of hydrogen-bond acceptors (Lipinski definition) is 4. The maximum atomic E-state index is 14.0. The van der Waals surface area contributed by atoms with Gasteiger partial charge in [0.15, 0.2) is 0 Å². The fourth-order valence-corrected chi connectivity index (χ4v) is 4.47. The zero-order valence-electron chi connectivity index (χ0n) is 14.9. The molecular formula is C20H25FN4O. The highest BCUT2D eigenvalue weighted by molar-refractivity contribution is 5.79. The van der Waals surface area contributed by atoms with Gasteiger partial charge in [0.05, 0.1) is 5.69 Å². The average Bonchev–Trinajstić information content (AvgIpc) is 2.65. The average molecular weight is 356 g/mol. The first kappa shape index (κ1) is 17.4. The molecule has 2 N–H and O–H groups in total. The Kier molecular flexibility index (Phi) is 4.87. The molecule has 2 saturated heterocycles. The predicted octanol–water partition coefficient (Wildman–Crippen LogP) is 2.15. The minimum Gasteiger partial charge on any atom is -0.338 e. The Balaban J connectivity index is 1.46. The van der Waals surface area contributed by atoms with E-state index < -0.39 is 0 Å². The van der Waals surface area contributed by atoms with Crippen molar-refractivity contribution in [3.63, 3.8) is 0 Å². The molecule has 1 amide bonds. The number of nitrogens with zero attached hydrogens (tertiary/aromatic N) is 3. The van der Waals surface area contributed by atoms with E-state index in [1.165, 1.54) is 6.07 Å². The van der Waals surface area contributed by atoms with E-state index in [4.69, 9.17) is 5.73 Å². The van der Waals surface area contributed by atoms with Crippen LogP contribution in [0.15, 0.2) is 30.3 Å². The molecular weight excluding hydrogens is 331 g/mol. The van der Waals surface area contributed by atoms with E-state index in [0.29, 0.717) is 37.0 Å². The third kappa shape index (κ3) is 3.31. The molecule has 0 radical (unpaired) electrons. The van der Waals surface area contributed by atoms with Crippen molar-refractivity contribution in [3.8, 4) is 0 Å². The molecule has 1 aromatic heterocycles. The van der Waals surface area contributed by atoms with E-state index in [2.05, 4.69) is 9.88 Å². The summed E-state index contributed by atoms with van der Waals surface area (Å²) in [7, 11) is 0. The van der Waals surface area contributed by atoms with Crippen LogP contribution in [0, 0.1) is 11.7 Å². The largest absolute Gasteiger partial charge is 0.338 e. The summed E-state index contributed by atoms with van der Waals surface area (Å²) in [6.45, 7) is 3.78. The van der Waals surface area contributed by atoms with Crippen LogP contribution in [-0.4, -0.2) is 52.9 Å². The highest BCUT2D eigenvalue weighted by Gasteiger charge is 2.38. The summed E-state index contributed by atoms with van der Waals surface area (Å²) >= 11 is 0. The van der Waals surface area contributed by atoms with Crippen LogP contribution < -0.4 is 5.73 Å². The van der Waals surface area contributed by atoms with Crippen molar-refractivity contribution in [3.05, 3.63) is 41.8 Å². The summed E-state index contributed by atoms with van der Waals surface area (Å²) in [5.74, 6) is 0.466. The maximum Gasteiger partial charge on any atom is 0.222 e. The first-order valence-corrected chi connectivity index (χ1v) is 9.42. The number of para-hydroxylation sites is 1. The quantitative estimate of drug-likeness (QED) is 0.912. The number of halogens is 1. The van der Waals surface area contributed by atoms with Crippen molar-refractivity contribution in [1.29, 1.82) is 0 Å². The summed E-state index contributed by atoms with van der Waals surface area (Å²) in [4.78, 5) is 21.1. The third-order valence-corrected chi connectivity index (χ3v) is 5.71. The SMILES string of the molecule is NCCN1C(=O)CCC2CN(Cc3ccc4cccc(F)c4n3)CCC21. The lowest BCUT2D eigenvalue weighted by Gasteiger charge is -2.47. The fraction of sp³-hybridized carbons (Fsp3) is 0.500. The van der Waals surface area contributed by atoms with Gasteiger partial charge in [-0.3, -0.25) is 9.69 Å². The Labute approximate surface area is 153 Å². The Bertz CT molecular complexity index is 811. The highest BCUT2D eigenvalue weighted by Crippen LogP contribution is 2.31. The number of fused-ring (bicyclic) bond motifs is 2. The van der Waals surface area contributed by atoms with E-state index >= 15 is 0 Å².